The van der Waals surface area contributed by atoms with Crippen LogP contribution in [0.15, 0.2) is 42.2 Å². The quantitative estimate of drug-likeness (QED) is 0.668. The van der Waals surface area contributed by atoms with Crippen LogP contribution >= 0.6 is 0 Å². The number of carbonyl (C=O) groups excluding carboxylic acids is 1. The summed E-state index contributed by atoms with van der Waals surface area (Å²) in [5.74, 6) is 1.09. The van der Waals surface area contributed by atoms with Crippen molar-refractivity contribution in [2.75, 3.05) is 12.0 Å². The van der Waals surface area contributed by atoms with E-state index in [9.17, 15) is 9.90 Å². The number of nitrogens with one attached hydrogen (secondary N) is 1. The maximum absolute atomic E-state index is 13.1. The summed E-state index contributed by atoms with van der Waals surface area (Å²) in [7, 11) is 1.47. The van der Waals surface area contributed by atoms with Crippen LogP contribution in [-0.2, 0) is 11.3 Å². The van der Waals surface area contributed by atoms with Gasteiger partial charge in [-0.3, -0.25) is 9.69 Å². The molecule has 2 aromatic carbocycles. The molecule has 1 aromatic heterocycles. The first-order valence-corrected chi connectivity index (χ1v) is 8.47. The minimum Gasteiger partial charge on any atom is -0.504 e. The summed E-state index contributed by atoms with van der Waals surface area (Å²) >= 11 is 0. The van der Waals surface area contributed by atoms with E-state index in [1.165, 1.54) is 12.0 Å². The minimum absolute atomic E-state index is 0.0598. The van der Waals surface area contributed by atoms with Crippen LogP contribution in [0.5, 0.6) is 17.2 Å². The Bertz CT molecular complexity index is 1060. The third-order valence-electron chi connectivity index (χ3n) is 4.33. The second-order valence-electron chi connectivity index (χ2n) is 6.19. The van der Waals surface area contributed by atoms with Crippen LogP contribution in [0.2, 0.25) is 0 Å². The Morgan fingerprint density at radius 2 is 2.14 bits per heavy atom. The van der Waals surface area contributed by atoms with Gasteiger partial charge in [-0.25, -0.2) is 0 Å². The summed E-state index contributed by atoms with van der Waals surface area (Å²) in [6, 6.07) is 10.6. The molecule has 9 heteroatoms. The number of nitrogens with zero attached hydrogens (tertiary/aromatic N) is 4. The molecule has 1 aliphatic heterocycles. The molecule has 1 aliphatic rings. The number of phenolic OH excluding ortho intramolecular Hbond substituents is 1. The van der Waals surface area contributed by atoms with Gasteiger partial charge in [0.25, 0.3) is 5.91 Å². The molecule has 28 heavy (non-hydrogen) atoms. The van der Waals surface area contributed by atoms with Gasteiger partial charge in [0.15, 0.2) is 28.8 Å². The average Bonchev–Trinajstić information content (AvgIpc) is 3.21. The van der Waals surface area contributed by atoms with Gasteiger partial charge in [0.1, 0.15) is 0 Å². The number of ether oxygens (including phenoxy) is 2. The predicted molar refractivity (Wildman–Crippen MR) is 99.8 cm³/mol. The molecule has 0 bridgehead atoms. The number of methoxy groups -OCH3 is 1. The fraction of sp³-hybridized carbons (Fsp3) is 0.158. The third-order valence-corrected chi connectivity index (χ3v) is 4.33. The van der Waals surface area contributed by atoms with Gasteiger partial charge >= 0.3 is 0 Å². The largest absolute Gasteiger partial charge is 0.504 e. The number of hydrogen-bond acceptors (Lipinski definition) is 7. The molecule has 0 aliphatic carbocycles. The number of hydrogen-bond donors (Lipinski definition) is 2. The lowest BCUT2D eigenvalue weighted by atomic mass is 10.1. The highest BCUT2D eigenvalue weighted by molar-refractivity contribution is 6.09. The van der Waals surface area contributed by atoms with E-state index in [4.69, 9.17) is 9.47 Å². The smallest absolute Gasteiger partial charge is 0.294 e. The lowest BCUT2D eigenvalue weighted by molar-refractivity contribution is -0.117. The van der Waals surface area contributed by atoms with Crippen molar-refractivity contribution in [1.29, 1.82) is 0 Å². The van der Waals surface area contributed by atoms with Crippen LogP contribution < -0.4 is 14.4 Å². The first-order valence-electron chi connectivity index (χ1n) is 8.47. The molecule has 1 amide bonds. The molecule has 0 atom stereocenters. The Kier molecular flexibility index (Phi) is 4.40. The van der Waals surface area contributed by atoms with E-state index in [2.05, 4.69) is 20.6 Å². The summed E-state index contributed by atoms with van der Waals surface area (Å²) in [5, 5.41) is 23.8. The Labute approximate surface area is 160 Å². The molecule has 0 fully saturated rings. The maximum atomic E-state index is 13.1. The van der Waals surface area contributed by atoms with E-state index < -0.39 is 0 Å². The van der Waals surface area contributed by atoms with E-state index >= 15 is 0 Å². The van der Waals surface area contributed by atoms with Gasteiger partial charge in [-0.05, 0) is 48.4 Å². The van der Waals surface area contributed by atoms with Gasteiger partial charge in [-0.15, -0.1) is 10.2 Å². The fourth-order valence-electron chi connectivity index (χ4n) is 2.97. The molecule has 2 heterocycles. The second-order valence-corrected chi connectivity index (χ2v) is 6.19. The highest BCUT2D eigenvalue weighted by Gasteiger charge is 2.31. The van der Waals surface area contributed by atoms with Crippen molar-refractivity contribution in [3.63, 3.8) is 0 Å². The first-order chi connectivity index (χ1) is 13.6. The van der Waals surface area contributed by atoms with Crippen molar-refractivity contribution in [1.82, 2.24) is 20.6 Å². The standard InChI is InChI=1S/C19H17N5O4/c1-11-7-12(8-15(27-2)18(11)25)9-16-19(26)24(10-17-20-22-23-21-17)13-5-3-4-6-14(13)28-16/h3-9,25H,10H2,1-2H3,(H,20,21,22,23). The molecule has 9 nitrogen and oxygen atoms in total. The van der Waals surface area contributed by atoms with Gasteiger partial charge < -0.3 is 14.6 Å². The van der Waals surface area contributed by atoms with Gasteiger partial charge in [-0.2, -0.15) is 5.21 Å². The fourth-order valence-corrected chi connectivity index (χ4v) is 2.97. The Morgan fingerprint density at radius 1 is 1.32 bits per heavy atom. The second kappa shape index (κ2) is 7.03. The van der Waals surface area contributed by atoms with Crippen LogP contribution in [0.3, 0.4) is 0 Å². The average molecular weight is 379 g/mol. The number of aryl methyl sites for hydroxylation is 1. The third kappa shape index (κ3) is 3.13. The van der Waals surface area contributed by atoms with Crippen LogP contribution in [0, 0.1) is 6.92 Å². The molecule has 0 spiro atoms. The van der Waals surface area contributed by atoms with Crippen LogP contribution in [0.4, 0.5) is 5.69 Å². The van der Waals surface area contributed by atoms with Crippen molar-refractivity contribution in [3.05, 3.63) is 59.1 Å². The van der Waals surface area contributed by atoms with Crippen molar-refractivity contribution in [3.8, 4) is 17.2 Å². The lowest BCUT2D eigenvalue weighted by Gasteiger charge is -2.29. The van der Waals surface area contributed by atoms with E-state index in [0.717, 1.165) is 0 Å². The van der Waals surface area contributed by atoms with E-state index in [0.29, 0.717) is 34.1 Å². The highest BCUT2D eigenvalue weighted by atomic mass is 16.5. The number of carbonyl (C=O) groups is 1. The number of fused-ring (bicyclic) bond motifs is 1. The number of aromatic hydroxyl groups is 1. The van der Waals surface area contributed by atoms with Gasteiger partial charge in [0.05, 0.1) is 19.3 Å². The van der Waals surface area contributed by atoms with Crippen molar-refractivity contribution in [2.24, 2.45) is 0 Å². The highest BCUT2D eigenvalue weighted by Crippen LogP contribution is 2.37. The monoisotopic (exact) mass is 379 g/mol. The summed E-state index contributed by atoms with van der Waals surface area (Å²) in [5.41, 5.74) is 1.90. The molecule has 2 N–H and O–H groups in total. The van der Waals surface area contributed by atoms with E-state index in [1.54, 1.807) is 37.3 Å². The zero-order chi connectivity index (χ0) is 19.7. The molecule has 0 radical (unpaired) electrons. The van der Waals surface area contributed by atoms with E-state index in [1.807, 2.05) is 12.1 Å². The zero-order valence-electron chi connectivity index (χ0n) is 15.2. The number of aromatic amines is 1. The molecular formula is C19H17N5O4. The topological polar surface area (TPSA) is 113 Å². The number of benzene rings is 2. The molecule has 0 saturated carbocycles. The predicted octanol–water partition coefficient (Wildman–Crippen LogP) is 2.19. The summed E-state index contributed by atoms with van der Waals surface area (Å²) in [6.07, 6.45) is 1.61. The van der Waals surface area contributed by atoms with Crippen molar-refractivity contribution >= 4 is 17.7 Å². The normalized spacial score (nSPS) is 14.7. The Balaban J connectivity index is 1.75. The molecule has 0 saturated heterocycles. The summed E-state index contributed by atoms with van der Waals surface area (Å²) in [4.78, 5) is 14.6. The zero-order valence-corrected chi connectivity index (χ0v) is 15.2. The summed E-state index contributed by atoms with van der Waals surface area (Å²) in [6.45, 7) is 1.90. The van der Waals surface area contributed by atoms with Crippen LogP contribution in [0.25, 0.3) is 6.08 Å². The number of aromatic nitrogens is 4. The van der Waals surface area contributed by atoms with E-state index in [-0.39, 0.29) is 24.0 Å². The molecule has 0 unspecified atom stereocenters. The molecular weight excluding hydrogens is 362 g/mol. The number of tetrazole rings is 1. The maximum Gasteiger partial charge on any atom is 0.294 e. The number of H-pyrrole nitrogens is 1. The molecule has 3 aromatic rings. The molecule has 4 rings (SSSR count). The van der Waals surface area contributed by atoms with Gasteiger partial charge in [0, 0.05) is 0 Å². The van der Waals surface area contributed by atoms with Crippen LogP contribution in [-0.4, -0.2) is 38.7 Å². The Morgan fingerprint density at radius 3 is 2.89 bits per heavy atom. The van der Waals surface area contributed by atoms with Crippen molar-refractivity contribution in [2.45, 2.75) is 13.5 Å². The SMILES string of the molecule is COc1cc(C=C2Oc3ccccc3N(Cc3nn[nH]n3)C2=O)cc(C)c1O. The Hall–Kier alpha value is -3.88. The number of phenols is 1. The number of amides is 1. The number of para-hydroxylation sites is 2. The number of anilines is 1. The van der Waals surface area contributed by atoms with Gasteiger partial charge in [0.2, 0.25) is 0 Å². The minimum atomic E-state index is -0.340. The van der Waals surface area contributed by atoms with Crippen molar-refractivity contribution < 1.29 is 19.4 Å². The van der Waals surface area contributed by atoms with Gasteiger partial charge in [-0.1, -0.05) is 17.3 Å². The summed E-state index contributed by atoms with van der Waals surface area (Å²) < 4.78 is 11.0. The molecule has 142 valence electrons. The first kappa shape index (κ1) is 17.5. The van der Waals surface area contributed by atoms with Crippen LogP contribution in [0.1, 0.15) is 17.0 Å². The number of rotatable bonds is 4. The lowest BCUT2D eigenvalue weighted by Crippen LogP contribution is -2.37.